The maximum atomic E-state index is 12.7. The Hall–Kier alpha value is -2.41. The molecular weight excluding hydrogens is 412 g/mol. The molecule has 1 N–H and O–H groups in total. The monoisotopic (exact) mass is 450 g/mol. The number of rotatable bonds is 8. The fourth-order valence-electron chi connectivity index (χ4n) is 6.02. The Morgan fingerprint density at radius 3 is 2.36 bits per heavy atom. The van der Waals surface area contributed by atoms with E-state index in [0.29, 0.717) is 24.0 Å². The van der Waals surface area contributed by atoms with Gasteiger partial charge in [0.15, 0.2) is 0 Å². The minimum atomic E-state index is 0.177. The van der Waals surface area contributed by atoms with Crippen LogP contribution in [0.1, 0.15) is 82.4 Å². The van der Waals surface area contributed by atoms with E-state index in [9.17, 15) is 4.79 Å². The largest absolute Gasteiger partial charge is 0.312 e. The second-order valence-electron chi connectivity index (χ2n) is 10.5. The molecule has 1 aromatic heterocycles. The number of aryl methyl sites for hydroxylation is 1. The molecule has 0 spiro atoms. The summed E-state index contributed by atoms with van der Waals surface area (Å²) < 4.78 is 2.42. The summed E-state index contributed by atoms with van der Waals surface area (Å²) in [4.78, 5) is 15.4. The number of carbonyl (C=O) groups excluding carboxylic acids is 1. The minimum absolute atomic E-state index is 0.177. The third-order valence-corrected chi connectivity index (χ3v) is 8.00. The lowest BCUT2D eigenvalue weighted by Gasteiger charge is -2.41. The average Bonchev–Trinajstić information content (AvgIpc) is 3.26. The van der Waals surface area contributed by atoms with Gasteiger partial charge in [-0.1, -0.05) is 38.5 Å². The van der Waals surface area contributed by atoms with Gasteiger partial charge >= 0.3 is 0 Å². The molecule has 33 heavy (non-hydrogen) atoms. The highest BCUT2D eigenvalue weighted by molar-refractivity contribution is 5.81. The molecule has 2 bridgehead atoms. The molecule has 0 radical (unpaired) electrons. The molecule has 5 rings (SSSR count). The molecule has 2 saturated heterocycles. The highest BCUT2D eigenvalue weighted by Gasteiger charge is 2.42. The lowest BCUT2D eigenvalue weighted by molar-refractivity contribution is -0.127. The molecule has 178 valence electrons. The molecular formula is C26H38N6O. The summed E-state index contributed by atoms with van der Waals surface area (Å²) in [7, 11) is 0. The highest BCUT2D eigenvalue weighted by Crippen LogP contribution is 2.42. The van der Waals surface area contributed by atoms with Crippen LogP contribution < -0.4 is 10.4 Å². The molecule has 7 heteroatoms. The third-order valence-electron chi connectivity index (χ3n) is 8.00. The van der Waals surface area contributed by atoms with Crippen LogP contribution >= 0.6 is 0 Å². The number of para-hydroxylation sites is 1. The van der Waals surface area contributed by atoms with Gasteiger partial charge in [0.1, 0.15) is 11.6 Å². The molecule has 2 aromatic rings. The Bertz CT molecular complexity index is 939. The number of anilines is 1. The molecule has 3 aliphatic rings. The predicted molar refractivity (Wildman–Crippen MR) is 130 cm³/mol. The normalized spacial score (nSPS) is 25.3. The summed E-state index contributed by atoms with van der Waals surface area (Å²) in [5.74, 6) is 2.92. The predicted octanol–water partition coefficient (Wildman–Crippen LogP) is 4.22. The number of benzene rings is 1. The van der Waals surface area contributed by atoms with Gasteiger partial charge in [0.2, 0.25) is 5.91 Å². The van der Waals surface area contributed by atoms with Gasteiger partial charge < -0.3 is 4.57 Å². The fourth-order valence-corrected chi connectivity index (χ4v) is 6.02. The summed E-state index contributed by atoms with van der Waals surface area (Å²) in [5.41, 5.74) is 4.29. The Morgan fingerprint density at radius 1 is 1.06 bits per heavy atom. The standard InChI is InChI=1S/C26H38N6O/c1-18(2)25-28-27-19(3)32(25)24-16-22-12-13-23(17-24)30(22)14-15-31(21-10-5-4-6-11-21)29-26(33)20-8-7-9-20/h4-6,10-11,18,20,22-24H,7-9,12-17H2,1-3H3,(H,29,33)/t22-,23-/m1/s1. The first-order valence-corrected chi connectivity index (χ1v) is 12.8. The summed E-state index contributed by atoms with van der Waals surface area (Å²) in [6.45, 7) is 8.29. The van der Waals surface area contributed by atoms with Crippen molar-refractivity contribution in [2.45, 2.75) is 89.8 Å². The maximum Gasteiger partial charge on any atom is 0.241 e. The van der Waals surface area contributed by atoms with Crippen molar-refractivity contribution in [2.75, 3.05) is 18.1 Å². The number of nitrogens with one attached hydrogen (secondary N) is 1. The zero-order valence-corrected chi connectivity index (χ0v) is 20.3. The van der Waals surface area contributed by atoms with E-state index in [1.54, 1.807) is 0 Å². The zero-order valence-electron chi connectivity index (χ0n) is 20.3. The maximum absolute atomic E-state index is 12.7. The van der Waals surface area contributed by atoms with Gasteiger partial charge in [-0.25, -0.2) is 0 Å². The van der Waals surface area contributed by atoms with Gasteiger partial charge in [-0.2, -0.15) is 0 Å². The highest BCUT2D eigenvalue weighted by atomic mass is 16.2. The van der Waals surface area contributed by atoms with Crippen molar-refractivity contribution in [1.29, 1.82) is 0 Å². The lowest BCUT2D eigenvalue weighted by Crippen LogP contribution is -2.52. The number of hydrogen-bond acceptors (Lipinski definition) is 5. The number of nitrogens with zero attached hydrogens (tertiary/aromatic N) is 5. The molecule has 7 nitrogen and oxygen atoms in total. The number of piperidine rings is 1. The van der Waals surface area contributed by atoms with Crippen molar-refractivity contribution in [3.05, 3.63) is 42.0 Å². The van der Waals surface area contributed by atoms with Crippen LogP contribution in [0.2, 0.25) is 0 Å². The van der Waals surface area contributed by atoms with Gasteiger partial charge in [0.05, 0.1) is 12.2 Å². The van der Waals surface area contributed by atoms with Crippen molar-refractivity contribution in [3.63, 3.8) is 0 Å². The molecule has 1 saturated carbocycles. The fraction of sp³-hybridized carbons (Fsp3) is 0.654. The SMILES string of the molecule is Cc1nnc(C(C)C)n1C1C[C@H]2CC[C@H](C1)N2CCN(NC(=O)C1CCC1)c1ccccc1. The van der Waals surface area contributed by atoms with Crippen LogP contribution in [0.3, 0.4) is 0 Å². The van der Waals surface area contributed by atoms with Crippen LogP contribution in [-0.2, 0) is 4.79 Å². The van der Waals surface area contributed by atoms with Crippen LogP contribution in [0.5, 0.6) is 0 Å². The Morgan fingerprint density at radius 2 is 1.76 bits per heavy atom. The molecule has 2 aliphatic heterocycles. The molecule has 3 heterocycles. The number of hydrogen-bond donors (Lipinski definition) is 1. The van der Waals surface area contributed by atoms with Crippen LogP contribution in [0.4, 0.5) is 5.69 Å². The van der Waals surface area contributed by atoms with Crippen molar-refractivity contribution in [1.82, 2.24) is 25.1 Å². The molecule has 3 fully saturated rings. The number of amides is 1. The molecule has 1 aliphatic carbocycles. The minimum Gasteiger partial charge on any atom is -0.312 e. The van der Waals surface area contributed by atoms with Crippen molar-refractivity contribution < 1.29 is 4.79 Å². The smallest absolute Gasteiger partial charge is 0.241 e. The van der Waals surface area contributed by atoms with E-state index in [-0.39, 0.29) is 11.8 Å². The molecule has 1 aromatic carbocycles. The van der Waals surface area contributed by atoms with Gasteiger partial charge in [0, 0.05) is 36.5 Å². The number of aromatic nitrogens is 3. The molecule has 1 amide bonds. The van der Waals surface area contributed by atoms with E-state index in [0.717, 1.165) is 56.1 Å². The molecule has 2 atom stereocenters. The van der Waals surface area contributed by atoms with E-state index >= 15 is 0 Å². The second kappa shape index (κ2) is 9.45. The van der Waals surface area contributed by atoms with Gasteiger partial charge in [0.25, 0.3) is 0 Å². The van der Waals surface area contributed by atoms with E-state index in [4.69, 9.17) is 0 Å². The van der Waals surface area contributed by atoms with Crippen molar-refractivity contribution in [2.24, 2.45) is 5.92 Å². The lowest BCUT2D eigenvalue weighted by atomic mass is 9.85. The Kier molecular flexibility index (Phi) is 6.41. The summed E-state index contributed by atoms with van der Waals surface area (Å²) >= 11 is 0. The van der Waals surface area contributed by atoms with E-state index in [1.807, 2.05) is 18.2 Å². The molecule has 0 unspecified atom stereocenters. The summed E-state index contributed by atoms with van der Waals surface area (Å²) in [6.07, 6.45) is 8.06. The first-order valence-electron chi connectivity index (χ1n) is 12.8. The van der Waals surface area contributed by atoms with Crippen LogP contribution in [0.15, 0.2) is 30.3 Å². The quantitative estimate of drug-likeness (QED) is 0.610. The average molecular weight is 451 g/mol. The third kappa shape index (κ3) is 4.52. The number of carbonyl (C=O) groups is 1. The van der Waals surface area contributed by atoms with Crippen LogP contribution in [0, 0.1) is 12.8 Å². The van der Waals surface area contributed by atoms with E-state index in [2.05, 4.69) is 63.0 Å². The summed E-state index contributed by atoms with van der Waals surface area (Å²) in [5, 5.41) is 11.0. The number of hydrazine groups is 1. The van der Waals surface area contributed by atoms with Crippen LogP contribution in [-0.4, -0.2) is 50.7 Å². The zero-order chi connectivity index (χ0) is 22.9. The first kappa shape index (κ1) is 22.4. The van der Waals surface area contributed by atoms with E-state index in [1.165, 1.54) is 19.3 Å². The van der Waals surface area contributed by atoms with Gasteiger partial charge in [-0.05, 0) is 57.6 Å². The second-order valence-corrected chi connectivity index (χ2v) is 10.5. The Labute approximate surface area is 197 Å². The van der Waals surface area contributed by atoms with Crippen molar-refractivity contribution >= 4 is 11.6 Å². The number of fused-ring (bicyclic) bond motifs is 2. The summed E-state index contributed by atoms with van der Waals surface area (Å²) in [6, 6.07) is 12.0. The van der Waals surface area contributed by atoms with Crippen molar-refractivity contribution in [3.8, 4) is 0 Å². The van der Waals surface area contributed by atoms with Crippen LogP contribution in [0.25, 0.3) is 0 Å². The van der Waals surface area contributed by atoms with E-state index < -0.39 is 0 Å². The van der Waals surface area contributed by atoms with Gasteiger partial charge in [-0.3, -0.25) is 20.1 Å². The first-order chi connectivity index (χ1) is 16.0. The topological polar surface area (TPSA) is 66.3 Å². The Balaban J connectivity index is 1.26. The van der Waals surface area contributed by atoms with Gasteiger partial charge in [-0.15, -0.1) is 10.2 Å².